The van der Waals surface area contributed by atoms with Crippen LogP contribution in [0.2, 0.25) is 0 Å². The molecular weight excluding hydrogens is 246 g/mol. The van der Waals surface area contributed by atoms with Crippen molar-refractivity contribution >= 4 is 0 Å². The number of hydroxylamine groups is 2. The van der Waals surface area contributed by atoms with Crippen molar-refractivity contribution in [3.8, 4) is 0 Å². The molecule has 2 heteroatoms. The molecule has 0 unspecified atom stereocenters. The average molecular weight is 275 g/mol. The molecule has 1 saturated heterocycles. The van der Waals surface area contributed by atoms with E-state index in [4.69, 9.17) is 4.84 Å². The van der Waals surface area contributed by atoms with E-state index in [0.717, 1.165) is 25.3 Å². The third kappa shape index (κ3) is 4.32. The summed E-state index contributed by atoms with van der Waals surface area (Å²) in [5.41, 5.74) is 1.31. The lowest BCUT2D eigenvalue weighted by Crippen LogP contribution is -2.32. The highest BCUT2D eigenvalue weighted by Crippen LogP contribution is 2.30. The third-order valence-corrected chi connectivity index (χ3v) is 4.05. The fourth-order valence-electron chi connectivity index (χ4n) is 3.10. The van der Waals surface area contributed by atoms with Gasteiger partial charge in [-0.2, -0.15) is 5.06 Å². The Balaban J connectivity index is 2.00. The van der Waals surface area contributed by atoms with Gasteiger partial charge in [0.25, 0.3) is 0 Å². The van der Waals surface area contributed by atoms with Gasteiger partial charge in [0.2, 0.25) is 0 Å². The van der Waals surface area contributed by atoms with Gasteiger partial charge in [-0.1, -0.05) is 57.5 Å². The fourth-order valence-corrected chi connectivity index (χ4v) is 3.10. The molecule has 1 aromatic carbocycles. The molecule has 0 aromatic heterocycles. The Bertz CT molecular complexity index is 376. The van der Waals surface area contributed by atoms with Crippen LogP contribution in [-0.2, 0) is 4.84 Å². The molecule has 0 bridgehead atoms. The number of benzene rings is 1. The van der Waals surface area contributed by atoms with Gasteiger partial charge in [0.15, 0.2) is 0 Å². The maximum Gasteiger partial charge on any atom is 0.104 e. The molecule has 1 aromatic rings. The Kier molecular flexibility index (Phi) is 6.06. The number of hydrogen-bond donors (Lipinski definition) is 0. The molecule has 2 atom stereocenters. The van der Waals surface area contributed by atoms with E-state index in [1.165, 1.54) is 24.8 Å². The summed E-state index contributed by atoms with van der Waals surface area (Å²) in [6.45, 7) is 7.92. The van der Waals surface area contributed by atoms with Crippen LogP contribution in [0.25, 0.3) is 0 Å². The first-order valence-electron chi connectivity index (χ1n) is 8.19. The second-order valence-electron chi connectivity index (χ2n) is 6.36. The Morgan fingerprint density at radius 3 is 2.65 bits per heavy atom. The first-order chi connectivity index (χ1) is 9.70. The fraction of sp³-hybridized carbons (Fsp3) is 0.667. The van der Waals surface area contributed by atoms with Gasteiger partial charge in [-0.15, -0.1) is 0 Å². The number of rotatable bonds is 7. The Labute approximate surface area is 124 Å². The maximum atomic E-state index is 6.38. The summed E-state index contributed by atoms with van der Waals surface area (Å²) in [6, 6.07) is 11.3. The van der Waals surface area contributed by atoms with Crippen LogP contribution in [0.5, 0.6) is 0 Å². The van der Waals surface area contributed by atoms with Crippen LogP contribution in [0.15, 0.2) is 30.3 Å². The molecule has 1 fully saturated rings. The maximum absolute atomic E-state index is 6.38. The van der Waals surface area contributed by atoms with Gasteiger partial charge in [0.1, 0.15) is 6.10 Å². The predicted octanol–water partition coefficient (Wildman–Crippen LogP) is 4.97. The van der Waals surface area contributed by atoms with Crippen molar-refractivity contribution in [1.29, 1.82) is 0 Å². The Hall–Kier alpha value is -0.860. The van der Waals surface area contributed by atoms with E-state index in [1.807, 2.05) is 0 Å². The van der Waals surface area contributed by atoms with Gasteiger partial charge in [-0.3, -0.25) is 4.84 Å². The van der Waals surface area contributed by atoms with Crippen LogP contribution < -0.4 is 0 Å². The molecule has 1 aliphatic rings. The van der Waals surface area contributed by atoms with Gasteiger partial charge in [-0.25, -0.2) is 0 Å². The molecule has 2 nitrogen and oxygen atoms in total. The summed E-state index contributed by atoms with van der Waals surface area (Å²) in [5.74, 6) is 0.741. The molecule has 0 N–H and O–H groups in total. The molecule has 0 saturated carbocycles. The molecule has 0 aliphatic carbocycles. The smallest absolute Gasteiger partial charge is 0.104 e. The molecule has 0 spiro atoms. The zero-order valence-corrected chi connectivity index (χ0v) is 13.2. The van der Waals surface area contributed by atoms with Gasteiger partial charge in [-0.05, 0) is 37.2 Å². The summed E-state index contributed by atoms with van der Waals surface area (Å²) in [6.07, 6.45) is 6.26. The van der Waals surface area contributed by atoms with Crippen LogP contribution >= 0.6 is 0 Å². The van der Waals surface area contributed by atoms with Crippen molar-refractivity contribution in [1.82, 2.24) is 5.06 Å². The first kappa shape index (κ1) is 15.5. The summed E-state index contributed by atoms with van der Waals surface area (Å²) < 4.78 is 0. The largest absolute Gasteiger partial charge is 0.291 e. The Morgan fingerprint density at radius 1 is 1.25 bits per heavy atom. The van der Waals surface area contributed by atoms with E-state index in [-0.39, 0.29) is 6.10 Å². The predicted molar refractivity (Wildman–Crippen MR) is 84.4 cm³/mol. The van der Waals surface area contributed by atoms with E-state index >= 15 is 0 Å². The van der Waals surface area contributed by atoms with Crippen molar-refractivity contribution in [2.24, 2.45) is 5.92 Å². The molecule has 0 amide bonds. The van der Waals surface area contributed by atoms with Crippen molar-refractivity contribution in [3.05, 3.63) is 35.9 Å². The van der Waals surface area contributed by atoms with Crippen molar-refractivity contribution in [2.75, 3.05) is 6.54 Å². The molecule has 112 valence electrons. The number of hydrogen-bond acceptors (Lipinski definition) is 2. The number of nitrogens with zero attached hydrogens (tertiary/aromatic N) is 1. The van der Waals surface area contributed by atoms with E-state index in [2.05, 4.69) is 56.2 Å². The standard InChI is InChI=1S/C18H29NO/c1-4-9-18(16-10-6-5-7-11-16)20-19-13-8-12-17(19)14-15(2)3/h5-7,10-11,15,17-18H,4,8-9,12-14H2,1-3H3/t17-,18+/m1/s1. The minimum Gasteiger partial charge on any atom is -0.291 e. The second kappa shape index (κ2) is 7.80. The quantitative estimate of drug-likeness (QED) is 0.696. The van der Waals surface area contributed by atoms with Crippen LogP contribution in [-0.4, -0.2) is 17.6 Å². The van der Waals surface area contributed by atoms with Crippen molar-refractivity contribution < 1.29 is 4.84 Å². The summed E-state index contributed by atoms with van der Waals surface area (Å²) in [7, 11) is 0. The van der Waals surface area contributed by atoms with E-state index < -0.39 is 0 Å². The minimum atomic E-state index is 0.217. The summed E-state index contributed by atoms with van der Waals surface area (Å²) >= 11 is 0. The summed E-state index contributed by atoms with van der Waals surface area (Å²) in [5, 5.41) is 2.27. The van der Waals surface area contributed by atoms with Gasteiger partial charge in [0.05, 0.1) is 0 Å². The topological polar surface area (TPSA) is 12.5 Å². The molecular formula is C18H29NO. The lowest BCUT2D eigenvalue weighted by atomic mass is 10.0. The monoisotopic (exact) mass is 275 g/mol. The lowest BCUT2D eigenvalue weighted by Gasteiger charge is -2.30. The normalized spacial score (nSPS) is 21.5. The van der Waals surface area contributed by atoms with Gasteiger partial charge >= 0.3 is 0 Å². The van der Waals surface area contributed by atoms with Crippen LogP contribution in [0.4, 0.5) is 0 Å². The Morgan fingerprint density at radius 2 is 2.00 bits per heavy atom. The molecule has 1 heterocycles. The van der Waals surface area contributed by atoms with E-state index in [1.54, 1.807) is 0 Å². The zero-order chi connectivity index (χ0) is 14.4. The molecule has 20 heavy (non-hydrogen) atoms. The SMILES string of the molecule is CCC[C@H](ON1CCC[C@@H]1CC(C)C)c1ccccc1. The third-order valence-electron chi connectivity index (χ3n) is 4.05. The van der Waals surface area contributed by atoms with Crippen LogP contribution in [0.3, 0.4) is 0 Å². The van der Waals surface area contributed by atoms with Crippen molar-refractivity contribution in [2.45, 2.75) is 65.0 Å². The molecule has 1 aliphatic heterocycles. The summed E-state index contributed by atoms with van der Waals surface area (Å²) in [4.78, 5) is 6.38. The highest BCUT2D eigenvalue weighted by Gasteiger charge is 2.28. The minimum absolute atomic E-state index is 0.217. The highest BCUT2D eigenvalue weighted by molar-refractivity contribution is 5.17. The van der Waals surface area contributed by atoms with Crippen molar-refractivity contribution in [3.63, 3.8) is 0 Å². The van der Waals surface area contributed by atoms with E-state index in [0.29, 0.717) is 6.04 Å². The lowest BCUT2D eigenvalue weighted by molar-refractivity contribution is -0.213. The van der Waals surface area contributed by atoms with Gasteiger partial charge in [0, 0.05) is 12.6 Å². The highest BCUT2D eigenvalue weighted by atomic mass is 16.7. The first-order valence-corrected chi connectivity index (χ1v) is 8.19. The van der Waals surface area contributed by atoms with E-state index in [9.17, 15) is 0 Å². The van der Waals surface area contributed by atoms with Crippen LogP contribution in [0.1, 0.15) is 64.5 Å². The van der Waals surface area contributed by atoms with Gasteiger partial charge < -0.3 is 0 Å². The van der Waals surface area contributed by atoms with Crippen LogP contribution in [0, 0.1) is 5.92 Å². The second-order valence-corrected chi connectivity index (χ2v) is 6.36. The molecule has 2 rings (SSSR count). The average Bonchev–Trinajstić information content (AvgIpc) is 2.86. The zero-order valence-electron chi connectivity index (χ0n) is 13.2. The molecule has 0 radical (unpaired) electrons.